The van der Waals surface area contributed by atoms with Gasteiger partial charge < -0.3 is 10.1 Å². The van der Waals surface area contributed by atoms with E-state index in [0.29, 0.717) is 6.42 Å². The molecule has 2 unspecified atom stereocenters. The fourth-order valence-electron chi connectivity index (χ4n) is 2.39. The third-order valence-electron chi connectivity index (χ3n) is 3.43. The molecular formula is C12H22N2O3. The highest BCUT2D eigenvalue weighted by molar-refractivity contribution is 5.81. The van der Waals surface area contributed by atoms with Gasteiger partial charge in [0.05, 0.1) is 19.6 Å². The summed E-state index contributed by atoms with van der Waals surface area (Å²) in [5.74, 6) is -0.201. The van der Waals surface area contributed by atoms with E-state index in [-0.39, 0.29) is 24.0 Å². The molecule has 0 aromatic carbocycles. The second kappa shape index (κ2) is 6.59. The Kier molecular flexibility index (Phi) is 5.41. The number of amides is 1. The van der Waals surface area contributed by atoms with Crippen molar-refractivity contribution in [2.45, 2.75) is 44.7 Å². The third kappa shape index (κ3) is 3.70. The Hall–Kier alpha value is -1.10. The number of methoxy groups -OCH3 is 1. The van der Waals surface area contributed by atoms with Crippen LogP contribution in [-0.2, 0) is 14.3 Å². The van der Waals surface area contributed by atoms with E-state index in [9.17, 15) is 9.59 Å². The zero-order chi connectivity index (χ0) is 12.8. The van der Waals surface area contributed by atoms with Crippen molar-refractivity contribution in [3.05, 3.63) is 0 Å². The van der Waals surface area contributed by atoms with Gasteiger partial charge in [0.2, 0.25) is 5.91 Å². The van der Waals surface area contributed by atoms with Crippen molar-refractivity contribution in [2.24, 2.45) is 0 Å². The van der Waals surface area contributed by atoms with Gasteiger partial charge in [0, 0.05) is 13.1 Å². The average molecular weight is 242 g/mol. The number of piperidine rings is 1. The van der Waals surface area contributed by atoms with E-state index in [1.807, 2.05) is 6.92 Å². The Morgan fingerprint density at radius 2 is 2.18 bits per heavy atom. The Morgan fingerprint density at radius 3 is 2.76 bits per heavy atom. The van der Waals surface area contributed by atoms with Crippen LogP contribution in [0.5, 0.6) is 0 Å². The molecule has 0 aliphatic carbocycles. The van der Waals surface area contributed by atoms with Gasteiger partial charge in [0.15, 0.2) is 0 Å². The number of rotatable bonds is 4. The normalized spacial score (nSPS) is 22.9. The summed E-state index contributed by atoms with van der Waals surface area (Å²) >= 11 is 0. The molecule has 1 N–H and O–H groups in total. The van der Waals surface area contributed by atoms with Crippen molar-refractivity contribution < 1.29 is 14.3 Å². The summed E-state index contributed by atoms with van der Waals surface area (Å²) in [7, 11) is 3.04. The maximum Gasteiger partial charge on any atom is 0.307 e. The SMILES string of the molecule is CNC(=O)C(C)N1CCCCC1CC(=O)OC. The summed E-state index contributed by atoms with van der Waals surface area (Å²) in [5, 5.41) is 2.65. The van der Waals surface area contributed by atoms with Gasteiger partial charge in [-0.2, -0.15) is 0 Å². The minimum atomic E-state index is -0.203. The molecule has 1 fully saturated rings. The van der Waals surface area contributed by atoms with Crippen molar-refractivity contribution in [3.8, 4) is 0 Å². The van der Waals surface area contributed by atoms with Crippen molar-refractivity contribution >= 4 is 11.9 Å². The van der Waals surface area contributed by atoms with Crippen molar-refractivity contribution in [1.82, 2.24) is 10.2 Å². The number of hydrogen-bond donors (Lipinski definition) is 1. The zero-order valence-electron chi connectivity index (χ0n) is 10.9. The quantitative estimate of drug-likeness (QED) is 0.731. The Morgan fingerprint density at radius 1 is 1.47 bits per heavy atom. The lowest BCUT2D eigenvalue weighted by Gasteiger charge is -2.38. The molecule has 1 amide bonds. The first-order valence-corrected chi connectivity index (χ1v) is 6.14. The standard InChI is InChI=1S/C12H22N2O3/c1-9(12(16)13-2)14-7-5-4-6-10(14)8-11(15)17-3/h9-10H,4-8H2,1-3H3,(H,13,16). The van der Waals surface area contributed by atoms with Crippen LogP contribution in [0.3, 0.4) is 0 Å². The van der Waals surface area contributed by atoms with Crippen LogP contribution in [0.4, 0.5) is 0 Å². The van der Waals surface area contributed by atoms with E-state index in [0.717, 1.165) is 25.8 Å². The monoisotopic (exact) mass is 242 g/mol. The van der Waals surface area contributed by atoms with Gasteiger partial charge in [0.1, 0.15) is 0 Å². The van der Waals surface area contributed by atoms with Crippen LogP contribution < -0.4 is 5.32 Å². The van der Waals surface area contributed by atoms with Gasteiger partial charge in [0.25, 0.3) is 0 Å². The van der Waals surface area contributed by atoms with Gasteiger partial charge in [-0.1, -0.05) is 6.42 Å². The Labute approximate surface area is 102 Å². The second-order valence-electron chi connectivity index (χ2n) is 4.46. The van der Waals surface area contributed by atoms with Crippen LogP contribution in [0.2, 0.25) is 0 Å². The van der Waals surface area contributed by atoms with E-state index in [1.54, 1.807) is 7.05 Å². The van der Waals surface area contributed by atoms with E-state index < -0.39 is 0 Å². The summed E-state index contributed by atoms with van der Waals surface area (Å²) < 4.78 is 4.70. The van der Waals surface area contributed by atoms with Crippen molar-refractivity contribution in [3.63, 3.8) is 0 Å². The summed E-state index contributed by atoms with van der Waals surface area (Å²) in [6, 6.07) is -0.0570. The predicted molar refractivity (Wildman–Crippen MR) is 64.5 cm³/mol. The van der Waals surface area contributed by atoms with Crippen LogP contribution in [0.1, 0.15) is 32.6 Å². The smallest absolute Gasteiger partial charge is 0.307 e. The fourth-order valence-corrected chi connectivity index (χ4v) is 2.39. The third-order valence-corrected chi connectivity index (χ3v) is 3.43. The van der Waals surface area contributed by atoms with Gasteiger partial charge in [-0.15, -0.1) is 0 Å². The lowest BCUT2D eigenvalue weighted by Crippen LogP contribution is -2.51. The number of likely N-dealkylation sites (tertiary alicyclic amines) is 1. The number of esters is 1. The van der Waals surface area contributed by atoms with Gasteiger partial charge in [-0.3, -0.25) is 14.5 Å². The number of nitrogens with zero attached hydrogens (tertiary/aromatic N) is 1. The number of carbonyl (C=O) groups is 2. The zero-order valence-corrected chi connectivity index (χ0v) is 10.9. The number of nitrogens with one attached hydrogen (secondary N) is 1. The molecule has 17 heavy (non-hydrogen) atoms. The fraction of sp³-hybridized carbons (Fsp3) is 0.833. The second-order valence-corrected chi connectivity index (χ2v) is 4.46. The first kappa shape index (κ1) is 14.0. The van der Waals surface area contributed by atoms with Crippen LogP contribution >= 0.6 is 0 Å². The highest BCUT2D eigenvalue weighted by Crippen LogP contribution is 2.22. The first-order chi connectivity index (χ1) is 8.10. The lowest BCUT2D eigenvalue weighted by atomic mass is 9.97. The lowest BCUT2D eigenvalue weighted by molar-refractivity contribution is -0.143. The average Bonchev–Trinajstić information content (AvgIpc) is 2.37. The minimum Gasteiger partial charge on any atom is -0.469 e. The van der Waals surface area contributed by atoms with Crippen LogP contribution in [0.25, 0.3) is 0 Å². The molecule has 0 spiro atoms. The number of hydrogen-bond acceptors (Lipinski definition) is 4. The molecule has 1 aliphatic heterocycles. The van der Waals surface area contributed by atoms with Gasteiger partial charge in [-0.05, 0) is 26.3 Å². The van der Waals surface area contributed by atoms with Crippen LogP contribution in [0.15, 0.2) is 0 Å². The molecule has 0 radical (unpaired) electrons. The number of ether oxygens (including phenoxy) is 1. The molecule has 0 aromatic heterocycles. The highest BCUT2D eigenvalue weighted by atomic mass is 16.5. The number of carbonyl (C=O) groups excluding carboxylic acids is 2. The molecule has 0 saturated carbocycles. The Balaban J connectivity index is 2.65. The van der Waals surface area contributed by atoms with Crippen LogP contribution in [-0.4, -0.2) is 49.6 Å². The summed E-state index contributed by atoms with van der Waals surface area (Å²) in [5.41, 5.74) is 0. The summed E-state index contributed by atoms with van der Waals surface area (Å²) in [6.07, 6.45) is 3.52. The molecule has 98 valence electrons. The minimum absolute atomic E-state index is 0.00164. The van der Waals surface area contributed by atoms with Crippen molar-refractivity contribution in [1.29, 1.82) is 0 Å². The first-order valence-electron chi connectivity index (χ1n) is 6.14. The van der Waals surface area contributed by atoms with E-state index in [2.05, 4.69) is 10.2 Å². The predicted octanol–water partition coefficient (Wildman–Crippen LogP) is 0.539. The largest absolute Gasteiger partial charge is 0.469 e. The maximum atomic E-state index is 11.6. The molecule has 5 heteroatoms. The maximum absolute atomic E-state index is 11.6. The summed E-state index contributed by atoms with van der Waals surface area (Å²) in [4.78, 5) is 25.1. The Bertz CT molecular complexity index is 281. The molecule has 0 aromatic rings. The number of likely N-dealkylation sites (N-methyl/N-ethyl adjacent to an activating group) is 1. The van der Waals surface area contributed by atoms with Crippen molar-refractivity contribution in [2.75, 3.05) is 20.7 Å². The van der Waals surface area contributed by atoms with E-state index >= 15 is 0 Å². The topological polar surface area (TPSA) is 58.6 Å². The molecule has 1 aliphatic rings. The molecule has 2 atom stereocenters. The van der Waals surface area contributed by atoms with E-state index in [1.165, 1.54) is 7.11 Å². The highest BCUT2D eigenvalue weighted by Gasteiger charge is 2.31. The molecular weight excluding hydrogens is 220 g/mol. The molecule has 5 nitrogen and oxygen atoms in total. The molecule has 1 saturated heterocycles. The van der Waals surface area contributed by atoms with E-state index in [4.69, 9.17) is 4.74 Å². The van der Waals surface area contributed by atoms with Gasteiger partial charge >= 0.3 is 5.97 Å². The summed E-state index contributed by atoms with van der Waals surface area (Å²) in [6.45, 7) is 2.75. The van der Waals surface area contributed by atoms with Gasteiger partial charge in [-0.25, -0.2) is 0 Å². The molecule has 1 heterocycles. The van der Waals surface area contributed by atoms with Crippen LogP contribution in [0, 0.1) is 0 Å². The molecule has 0 bridgehead atoms. The molecule has 1 rings (SSSR count).